The predicted molar refractivity (Wildman–Crippen MR) is 89.5 cm³/mol. The Balaban J connectivity index is 1.90. The van der Waals surface area contributed by atoms with Gasteiger partial charge in [0.25, 0.3) is 11.8 Å². The minimum Gasteiger partial charge on any atom is -0.484 e. The Morgan fingerprint density at radius 1 is 1.26 bits per heavy atom. The Morgan fingerprint density at radius 2 is 2.04 bits per heavy atom. The lowest BCUT2D eigenvalue weighted by atomic mass is 9.85. The second kappa shape index (κ2) is 7.49. The van der Waals surface area contributed by atoms with E-state index in [1.165, 1.54) is 0 Å². The Labute approximate surface area is 138 Å². The molecule has 1 aliphatic heterocycles. The Kier molecular flexibility index (Phi) is 5.64. The second-order valence-corrected chi connectivity index (χ2v) is 6.79. The monoisotopic (exact) mass is 318 g/mol. The lowest BCUT2D eigenvalue weighted by Crippen LogP contribution is -2.36. The summed E-state index contributed by atoms with van der Waals surface area (Å²) in [5.41, 5.74) is 0.826. The molecule has 0 atom stereocenters. The second-order valence-electron chi connectivity index (χ2n) is 6.79. The van der Waals surface area contributed by atoms with E-state index in [-0.39, 0.29) is 18.4 Å². The summed E-state index contributed by atoms with van der Waals surface area (Å²) in [5.74, 6) is 0.374. The molecule has 0 saturated carbocycles. The van der Waals surface area contributed by atoms with Crippen LogP contribution in [0.5, 0.6) is 5.75 Å². The standard InChI is InChI=1S/C18H26N2O3/c1-18(2)8-5-10-20(11-9-18)16(21)13-23-15-7-4-6-14(12-15)17(22)19-3/h4,6-7,12H,5,8-11,13H2,1-3H3,(H,19,22). The molecule has 1 N–H and O–H groups in total. The average molecular weight is 318 g/mol. The fraction of sp³-hybridized carbons (Fsp3) is 0.556. The molecule has 2 rings (SSSR count). The lowest BCUT2D eigenvalue weighted by molar-refractivity contribution is -0.133. The van der Waals surface area contributed by atoms with E-state index in [0.29, 0.717) is 16.7 Å². The minimum absolute atomic E-state index is 0.00745. The molecule has 0 aliphatic carbocycles. The first-order valence-electron chi connectivity index (χ1n) is 8.14. The Hall–Kier alpha value is -2.04. The molecule has 1 aromatic carbocycles. The van der Waals surface area contributed by atoms with Crippen molar-refractivity contribution in [3.8, 4) is 5.75 Å². The zero-order valence-electron chi connectivity index (χ0n) is 14.2. The molecular formula is C18H26N2O3. The van der Waals surface area contributed by atoms with Crippen LogP contribution < -0.4 is 10.1 Å². The molecular weight excluding hydrogens is 292 g/mol. The number of likely N-dealkylation sites (tertiary alicyclic amines) is 1. The number of amides is 2. The van der Waals surface area contributed by atoms with E-state index in [4.69, 9.17) is 4.74 Å². The van der Waals surface area contributed by atoms with Crippen molar-refractivity contribution >= 4 is 11.8 Å². The molecule has 0 spiro atoms. The van der Waals surface area contributed by atoms with E-state index < -0.39 is 0 Å². The highest BCUT2D eigenvalue weighted by molar-refractivity contribution is 5.94. The molecule has 1 heterocycles. The van der Waals surface area contributed by atoms with Gasteiger partial charge < -0.3 is 15.0 Å². The van der Waals surface area contributed by atoms with Crippen molar-refractivity contribution in [1.29, 1.82) is 0 Å². The highest BCUT2D eigenvalue weighted by Crippen LogP contribution is 2.29. The Morgan fingerprint density at radius 3 is 2.78 bits per heavy atom. The zero-order chi connectivity index (χ0) is 16.9. The van der Waals surface area contributed by atoms with Gasteiger partial charge in [0.15, 0.2) is 6.61 Å². The number of nitrogens with one attached hydrogen (secondary N) is 1. The van der Waals surface area contributed by atoms with E-state index in [2.05, 4.69) is 19.2 Å². The number of benzene rings is 1. The van der Waals surface area contributed by atoms with Crippen LogP contribution in [-0.2, 0) is 4.79 Å². The third kappa shape index (κ3) is 4.98. The van der Waals surface area contributed by atoms with E-state index in [0.717, 1.165) is 32.4 Å². The number of ether oxygens (including phenoxy) is 1. The number of rotatable bonds is 4. The van der Waals surface area contributed by atoms with Gasteiger partial charge in [-0.25, -0.2) is 0 Å². The highest BCUT2D eigenvalue weighted by atomic mass is 16.5. The van der Waals surface area contributed by atoms with Crippen LogP contribution in [-0.4, -0.2) is 43.5 Å². The molecule has 0 aromatic heterocycles. The van der Waals surface area contributed by atoms with Gasteiger partial charge in [0, 0.05) is 25.7 Å². The fourth-order valence-corrected chi connectivity index (χ4v) is 2.78. The van der Waals surface area contributed by atoms with Crippen LogP contribution in [0.2, 0.25) is 0 Å². The highest BCUT2D eigenvalue weighted by Gasteiger charge is 2.25. The fourth-order valence-electron chi connectivity index (χ4n) is 2.78. The minimum atomic E-state index is -0.170. The number of carbonyl (C=O) groups is 2. The predicted octanol–water partition coefficient (Wildman–Crippen LogP) is 2.46. The van der Waals surface area contributed by atoms with Crippen LogP contribution in [0.25, 0.3) is 0 Å². The molecule has 5 heteroatoms. The maximum atomic E-state index is 12.3. The van der Waals surface area contributed by atoms with Crippen molar-refractivity contribution in [3.05, 3.63) is 29.8 Å². The maximum Gasteiger partial charge on any atom is 0.260 e. The van der Waals surface area contributed by atoms with Crippen molar-refractivity contribution in [2.24, 2.45) is 5.41 Å². The summed E-state index contributed by atoms with van der Waals surface area (Å²) in [6.45, 7) is 6.10. The van der Waals surface area contributed by atoms with Crippen LogP contribution >= 0.6 is 0 Å². The number of hydrogen-bond acceptors (Lipinski definition) is 3. The van der Waals surface area contributed by atoms with Gasteiger partial charge in [-0.2, -0.15) is 0 Å². The molecule has 126 valence electrons. The van der Waals surface area contributed by atoms with Gasteiger partial charge >= 0.3 is 0 Å². The summed E-state index contributed by atoms with van der Waals surface area (Å²) in [6, 6.07) is 6.87. The molecule has 0 radical (unpaired) electrons. The summed E-state index contributed by atoms with van der Waals surface area (Å²) >= 11 is 0. The summed E-state index contributed by atoms with van der Waals surface area (Å²) in [7, 11) is 1.58. The maximum absolute atomic E-state index is 12.3. The van der Waals surface area contributed by atoms with Gasteiger partial charge in [-0.3, -0.25) is 9.59 Å². The molecule has 0 unspecified atom stereocenters. The summed E-state index contributed by atoms with van der Waals surface area (Å²) in [6.07, 6.45) is 3.20. The third-order valence-electron chi connectivity index (χ3n) is 4.38. The zero-order valence-corrected chi connectivity index (χ0v) is 14.2. The normalized spacial score (nSPS) is 17.3. The van der Waals surface area contributed by atoms with E-state index in [9.17, 15) is 9.59 Å². The van der Waals surface area contributed by atoms with Gasteiger partial charge in [0.05, 0.1) is 0 Å². The molecule has 1 saturated heterocycles. The smallest absolute Gasteiger partial charge is 0.260 e. The van der Waals surface area contributed by atoms with Crippen molar-refractivity contribution in [1.82, 2.24) is 10.2 Å². The molecule has 5 nitrogen and oxygen atoms in total. The Bertz CT molecular complexity index is 569. The molecule has 0 bridgehead atoms. The first kappa shape index (κ1) is 17.3. The number of carbonyl (C=O) groups excluding carboxylic acids is 2. The van der Waals surface area contributed by atoms with E-state index in [1.54, 1.807) is 31.3 Å². The lowest BCUT2D eigenvalue weighted by Gasteiger charge is -2.23. The van der Waals surface area contributed by atoms with Crippen molar-refractivity contribution in [2.45, 2.75) is 33.1 Å². The van der Waals surface area contributed by atoms with Gasteiger partial charge in [0.1, 0.15) is 5.75 Å². The average Bonchev–Trinajstić information content (AvgIpc) is 2.73. The SMILES string of the molecule is CNC(=O)c1cccc(OCC(=O)N2CCCC(C)(C)CC2)c1. The van der Waals surface area contributed by atoms with Crippen molar-refractivity contribution < 1.29 is 14.3 Å². The molecule has 23 heavy (non-hydrogen) atoms. The summed E-state index contributed by atoms with van der Waals surface area (Å²) < 4.78 is 5.58. The van der Waals surface area contributed by atoms with E-state index in [1.807, 2.05) is 4.90 Å². The third-order valence-corrected chi connectivity index (χ3v) is 4.38. The molecule has 1 aliphatic rings. The van der Waals surface area contributed by atoms with Gasteiger partial charge in [0.2, 0.25) is 0 Å². The molecule has 2 amide bonds. The molecule has 1 fully saturated rings. The van der Waals surface area contributed by atoms with Crippen LogP contribution in [0, 0.1) is 5.41 Å². The van der Waals surface area contributed by atoms with E-state index >= 15 is 0 Å². The van der Waals surface area contributed by atoms with Gasteiger partial charge in [-0.1, -0.05) is 19.9 Å². The first-order valence-corrected chi connectivity index (χ1v) is 8.14. The van der Waals surface area contributed by atoms with Crippen LogP contribution in [0.3, 0.4) is 0 Å². The van der Waals surface area contributed by atoms with Crippen molar-refractivity contribution in [3.63, 3.8) is 0 Å². The number of hydrogen-bond donors (Lipinski definition) is 1. The number of nitrogens with zero attached hydrogens (tertiary/aromatic N) is 1. The van der Waals surface area contributed by atoms with Gasteiger partial charge in [-0.15, -0.1) is 0 Å². The van der Waals surface area contributed by atoms with Crippen molar-refractivity contribution in [2.75, 3.05) is 26.7 Å². The summed E-state index contributed by atoms with van der Waals surface area (Å²) in [4.78, 5) is 25.8. The van der Waals surface area contributed by atoms with Gasteiger partial charge in [-0.05, 0) is 42.9 Å². The first-order chi connectivity index (χ1) is 10.9. The van der Waals surface area contributed by atoms with Crippen LogP contribution in [0.1, 0.15) is 43.5 Å². The quantitative estimate of drug-likeness (QED) is 0.928. The topological polar surface area (TPSA) is 58.6 Å². The molecule has 1 aromatic rings. The van der Waals surface area contributed by atoms with Crippen LogP contribution in [0.15, 0.2) is 24.3 Å². The summed E-state index contributed by atoms with van der Waals surface area (Å²) in [5, 5.41) is 2.57. The van der Waals surface area contributed by atoms with Crippen LogP contribution in [0.4, 0.5) is 0 Å². The largest absolute Gasteiger partial charge is 0.484 e.